The van der Waals surface area contributed by atoms with E-state index in [4.69, 9.17) is 5.11 Å². The maximum Gasteiger partial charge on any atom is 0.323 e. The number of amidine groups is 1. The zero-order valence-corrected chi connectivity index (χ0v) is 16.3. The molecule has 4 rings (SSSR count). The molecular formula is C21H17N3O4S. The molecule has 2 aromatic carbocycles. The summed E-state index contributed by atoms with van der Waals surface area (Å²) in [6.07, 6.45) is 0.801. The number of aryl methyl sites for hydroxylation is 1. The highest BCUT2D eigenvalue weighted by Crippen LogP contribution is 2.42. The van der Waals surface area contributed by atoms with Crippen molar-refractivity contribution >= 4 is 51.7 Å². The van der Waals surface area contributed by atoms with Crippen LogP contribution in [-0.2, 0) is 20.8 Å². The number of aliphatic imine (C=N–C) groups is 1. The van der Waals surface area contributed by atoms with Crippen molar-refractivity contribution in [1.29, 1.82) is 0 Å². The van der Waals surface area contributed by atoms with Crippen LogP contribution in [0.25, 0.3) is 5.57 Å². The fourth-order valence-corrected chi connectivity index (χ4v) is 4.28. The third-order valence-corrected chi connectivity index (χ3v) is 5.64. The third kappa shape index (κ3) is 3.42. The van der Waals surface area contributed by atoms with Crippen LogP contribution in [-0.4, -0.2) is 34.6 Å². The lowest BCUT2D eigenvalue weighted by molar-refractivity contribution is -0.136. The number of hydrogen-bond acceptors (Lipinski definition) is 5. The number of para-hydroxylation sites is 2. The third-order valence-electron chi connectivity index (χ3n) is 4.66. The van der Waals surface area contributed by atoms with Gasteiger partial charge in [-0.1, -0.05) is 43.3 Å². The summed E-state index contributed by atoms with van der Waals surface area (Å²) in [4.78, 5) is 42.8. The Bertz CT molecular complexity index is 1110. The van der Waals surface area contributed by atoms with E-state index in [1.165, 1.54) is 4.90 Å². The number of carbonyl (C=O) groups is 3. The molecule has 0 unspecified atom stereocenters. The van der Waals surface area contributed by atoms with Gasteiger partial charge >= 0.3 is 5.97 Å². The minimum Gasteiger partial charge on any atom is -0.480 e. The number of amides is 2. The first-order valence-corrected chi connectivity index (χ1v) is 9.84. The Kier molecular flexibility index (Phi) is 4.94. The molecule has 0 aliphatic carbocycles. The smallest absolute Gasteiger partial charge is 0.323 e. The molecule has 0 atom stereocenters. The number of aliphatic carboxylic acids is 1. The highest BCUT2D eigenvalue weighted by molar-refractivity contribution is 8.18. The summed E-state index contributed by atoms with van der Waals surface area (Å²) in [7, 11) is 0. The first-order chi connectivity index (χ1) is 14.0. The van der Waals surface area contributed by atoms with Crippen LogP contribution in [0.4, 0.5) is 11.4 Å². The second kappa shape index (κ2) is 7.56. The molecule has 0 bridgehead atoms. The van der Waals surface area contributed by atoms with Crippen molar-refractivity contribution in [3.63, 3.8) is 0 Å². The second-order valence-electron chi connectivity index (χ2n) is 6.46. The van der Waals surface area contributed by atoms with Crippen LogP contribution < -0.4 is 10.2 Å². The molecule has 2 heterocycles. The van der Waals surface area contributed by atoms with Gasteiger partial charge in [-0.05, 0) is 35.9 Å². The van der Waals surface area contributed by atoms with Crippen molar-refractivity contribution in [2.75, 3.05) is 11.4 Å². The molecule has 2 aliphatic rings. The lowest BCUT2D eigenvalue weighted by atomic mass is 10.1. The zero-order chi connectivity index (χ0) is 20.5. The first-order valence-electron chi connectivity index (χ1n) is 9.02. The van der Waals surface area contributed by atoms with E-state index < -0.39 is 24.3 Å². The number of thioether (sulfide) groups is 1. The number of hydrogen-bond donors (Lipinski definition) is 2. The Morgan fingerprint density at radius 1 is 1.14 bits per heavy atom. The number of carboxylic acids is 1. The van der Waals surface area contributed by atoms with Crippen molar-refractivity contribution < 1.29 is 19.5 Å². The van der Waals surface area contributed by atoms with Crippen molar-refractivity contribution in [2.24, 2.45) is 4.99 Å². The van der Waals surface area contributed by atoms with Crippen LogP contribution in [0, 0.1) is 0 Å². The van der Waals surface area contributed by atoms with E-state index in [1.54, 1.807) is 24.3 Å². The van der Waals surface area contributed by atoms with Crippen molar-refractivity contribution in [1.82, 2.24) is 5.32 Å². The molecule has 0 saturated carbocycles. The van der Waals surface area contributed by atoms with E-state index >= 15 is 0 Å². The van der Waals surface area contributed by atoms with Crippen LogP contribution in [0.1, 0.15) is 18.1 Å². The highest BCUT2D eigenvalue weighted by atomic mass is 32.2. The fraction of sp³-hybridized carbons (Fsp3) is 0.143. The van der Waals surface area contributed by atoms with Crippen molar-refractivity contribution in [3.8, 4) is 0 Å². The molecule has 1 saturated heterocycles. The Morgan fingerprint density at radius 3 is 2.62 bits per heavy atom. The number of nitrogens with zero attached hydrogens (tertiary/aromatic N) is 2. The normalized spacial score (nSPS) is 19.6. The van der Waals surface area contributed by atoms with Gasteiger partial charge in [0.05, 0.1) is 21.9 Å². The molecule has 0 spiro atoms. The molecule has 2 aromatic rings. The summed E-state index contributed by atoms with van der Waals surface area (Å²) in [5.41, 5.74) is 3.04. The van der Waals surface area contributed by atoms with Crippen molar-refractivity contribution in [2.45, 2.75) is 13.3 Å². The SMILES string of the molecule is CCc1ccccc1N=C1NC(=O)C(=C2C(=O)N(CC(=O)O)c3ccccc32)S1. The fourth-order valence-electron chi connectivity index (χ4n) is 3.36. The van der Waals surface area contributed by atoms with E-state index in [2.05, 4.69) is 10.3 Å². The van der Waals surface area contributed by atoms with Gasteiger partial charge < -0.3 is 10.4 Å². The lowest BCUT2D eigenvalue weighted by Gasteiger charge is -2.13. The van der Waals surface area contributed by atoms with Gasteiger partial charge in [0.15, 0.2) is 5.17 Å². The zero-order valence-electron chi connectivity index (χ0n) is 15.5. The molecule has 2 aliphatic heterocycles. The maximum absolute atomic E-state index is 13.0. The van der Waals surface area contributed by atoms with Crippen molar-refractivity contribution in [3.05, 3.63) is 64.6 Å². The van der Waals surface area contributed by atoms with Crippen LogP contribution in [0.15, 0.2) is 58.4 Å². The molecule has 8 heteroatoms. The van der Waals surface area contributed by atoms with Crippen LogP contribution >= 0.6 is 11.8 Å². The molecule has 0 aromatic heterocycles. The average Bonchev–Trinajstić information content (AvgIpc) is 3.19. The minimum absolute atomic E-state index is 0.207. The molecule has 0 radical (unpaired) electrons. The Balaban J connectivity index is 1.76. The molecule has 7 nitrogen and oxygen atoms in total. The summed E-state index contributed by atoms with van der Waals surface area (Å²) in [6.45, 7) is 1.56. The number of carbonyl (C=O) groups excluding carboxylic acids is 2. The van der Waals surface area contributed by atoms with Gasteiger partial charge in [0.1, 0.15) is 6.54 Å². The number of benzene rings is 2. The minimum atomic E-state index is -1.12. The summed E-state index contributed by atoms with van der Waals surface area (Å²) in [6, 6.07) is 14.5. The maximum atomic E-state index is 13.0. The van der Waals surface area contributed by atoms with Crippen LogP contribution in [0.3, 0.4) is 0 Å². The molecule has 1 fully saturated rings. The Labute approximate surface area is 171 Å². The van der Waals surface area contributed by atoms with Gasteiger partial charge in [0.2, 0.25) is 0 Å². The van der Waals surface area contributed by atoms with Gasteiger partial charge in [0, 0.05) is 5.56 Å². The molecular weight excluding hydrogens is 390 g/mol. The van der Waals surface area contributed by atoms with Crippen LogP contribution in [0.5, 0.6) is 0 Å². The van der Waals surface area contributed by atoms with Crippen LogP contribution in [0.2, 0.25) is 0 Å². The number of anilines is 1. The van der Waals surface area contributed by atoms with E-state index in [0.717, 1.165) is 29.4 Å². The monoisotopic (exact) mass is 407 g/mol. The number of rotatable bonds is 4. The molecule has 29 heavy (non-hydrogen) atoms. The summed E-state index contributed by atoms with van der Waals surface area (Å²) in [5.74, 6) is -2.04. The van der Waals surface area contributed by atoms with E-state index in [1.807, 2.05) is 31.2 Å². The van der Waals surface area contributed by atoms with Gasteiger partial charge in [-0.25, -0.2) is 4.99 Å². The second-order valence-corrected chi connectivity index (χ2v) is 7.46. The Hall–Kier alpha value is -3.39. The quantitative estimate of drug-likeness (QED) is 0.760. The van der Waals surface area contributed by atoms with E-state index in [9.17, 15) is 14.4 Å². The lowest BCUT2D eigenvalue weighted by Crippen LogP contribution is -2.32. The van der Waals surface area contributed by atoms with E-state index in [-0.39, 0.29) is 10.5 Å². The molecule has 2 amide bonds. The summed E-state index contributed by atoms with van der Waals surface area (Å²) < 4.78 is 0. The largest absolute Gasteiger partial charge is 0.480 e. The predicted octanol–water partition coefficient (Wildman–Crippen LogP) is 2.94. The predicted molar refractivity (Wildman–Crippen MR) is 112 cm³/mol. The summed E-state index contributed by atoms with van der Waals surface area (Å²) >= 11 is 1.09. The van der Waals surface area contributed by atoms with Gasteiger partial charge in [-0.2, -0.15) is 0 Å². The molecule has 2 N–H and O–H groups in total. The Morgan fingerprint density at radius 2 is 1.86 bits per heavy atom. The highest BCUT2D eigenvalue weighted by Gasteiger charge is 2.39. The number of carboxylic acid groups (broad SMARTS) is 1. The van der Waals surface area contributed by atoms with Gasteiger partial charge in [0.25, 0.3) is 11.8 Å². The van der Waals surface area contributed by atoms with E-state index in [0.29, 0.717) is 16.4 Å². The number of fused-ring (bicyclic) bond motifs is 1. The summed E-state index contributed by atoms with van der Waals surface area (Å²) in [5, 5.41) is 12.3. The molecule has 146 valence electrons. The standard InChI is InChI=1S/C21H17N3O4S/c1-2-12-7-3-5-9-14(12)22-21-23-19(27)18(29-21)17-13-8-4-6-10-15(13)24(20(17)28)11-16(25)26/h3-10H,2,11H2,1H3,(H,25,26)(H,22,23,27). The number of nitrogens with one attached hydrogen (secondary N) is 1. The van der Waals surface area contributed by atoms with Gasteiger partial charge in [-0.15, -0.1) is 0 Å². The average molecular weight is 407 g/mol. The first kappa shape index (κ1) is 18.9. The topological polar surface area (TPSA) is 99.1 Å². The van der Waals surface area contributed by atoms with Gasteiger partial charge in [-0.3, -0.25) is 19.3 Å².